The summed E-state index contributed by atoms with van der Waals surface area (Å²) in [6.07, 6.45) is 2.36. The third-order valence-corrected chi connectivity index (χ3v) is 2.39. The molecule has 0 fully saturated rings. The minimum absolute atomic E-state index is 0.211. The van der Waals surface area contributed by atoms with Crippen LogP contribution in [0.4, 0.5) is 0 Å². The van der Waals surface area contributed by atoms with E-state index in [1.165, 1.54) is 6.07 Å². The van der Waals surface area contributed by atoms with Gasteiger partial charge in [0.25, 0.3) is 0 Å². The van der Waals surface area contributed by atoms with E-state index in [-0.39, 0.29) is 5.56 Å². The quantitative estimate of drug-likeness (QED) is 0.755. The first kappa shape index (κ1) is 9.45. The van der Waals surface area contributed by atoms with Crippen LogP contribution in [0.1, 0.15) is 20.7 Å². The third kappa shape index (κ3) is 1.30. The number of para-hydroxylation sites is 1. The molecule has 0 saturated heterocycles. The van der Waals surface area contributed by atoms with Crippen molar-refractivity contribution in [1.82, 2.24) is 4.57 Å². The molecule has 0 aliphatic carbocycles. The molecule has 1 heterocycles. The number of carboxylic acid groups (broad SMARTS) is 1. The van der Waals surface area contributed by atoms with E-state index in [1.54, 1.807) is 29.9 Å². The van der Waals surface area contributed by atoms with Gasteiger partial charge in [-0.05, 0) is 6.07 Å². The van der Waals surface area contributed by atoms with Gasteiger partial charge in [0.05, 0.1) is 11.1 Å². The average Bonchev–Trinajstić information content (AvgIpc) is 2.55. The number of fused-ring (bicyclic) bond motifs is 1. The van der Waals surface area contributed by atoms with Crippen molar-refractivity contribution in [3.63, 3.8) is 0 Å². The molecule has 15 heavy (non-hydrogen) atoms. The summed E-state index contributed by atoms with van der Waals surface area (Å²) in [4.78, 5) is 21.7. The maximum absolute atomic E-state index is 11.0. The second-order valence-electron chi connectivity index (χ2n) is 3.32. The second kappa shape index (κ2) is 3.24. The number of hydrogen-bond donors (Lipinski definition) is 1. The van der Waals surface area contributed by atoms with Crippen molar-refractivity contribution in [3.8, 4) is 0 Å². The van der Waals surface area contributed by atoms with Crippen LogP contribution in [0, 0.1) is 0 Å². The summed E-state index contributed by atoms with van der Waals surface area (Å²) < 4.78 is 1.66. The van der Waals surface area contributed by atoms with Crippen LogP contribution in [0.3, 0.4) is 0 Å². The highest BCUT2D eigenvalue weighted by atomic mass is 16.4. The number of aryl methyl sites for hydroxylation is 1. The maximum atomic E-state index is 11.0. The Bertz CT molecular complexity index is 554. The van der Waals surface area contributed by atoms with Crippen LogP contribution in [0.2, 0.25) is 0 Å². The fourth-order valence-corrected chi connectivity index (χ4v) is 1.77. The first-order valence-electron chi connectivity index (χ1n) is 4.41. The number of carboxylic acids is 1. The Balaban J connectivity index is 2.92. The van der Waals surface area contributed by atoms with Crippen molar-refractivity contribution >= 4 is 23.2 Å². The summed E-state index contributed by atoms with van der Waals surface area (Å²) in [5, 5.41) is 9.66. The lowest BCUT2D eigenvalue weighted by molar-refractivity contribution is 0.0698. The van der Waals surface area contributed by atoms with Gasteiger partial charge in [-0.2, -0.15) is 0 Å². The van der Waals surface area contributed by atoms with Crippen LogP contribution in [0.15, 0.2) is 24.4 Å². The van der Waals surface area contributed by atoms with Crippen LogP contribution in [0.25, 0.3) is 10.9 Å². The van der Waals surface area contributed by atoms with Gasteiger partial charge in [0, 0.05) is 24.2 Å². The number of aldehydes is 1. The SMILES string of the molecule is Cn1cc(C=O)c2cccc(C(=O)O)c21. The monoisotopic (exact) mass is 203 g/mol. The highest BCUT2D eigenvalue weighted by Crippen LogP contribution is 2.22. The highest BCUT2D eigenvalue weighted by Gasteiger charge is 2.13. The van der Waals surface area contributed by atoms with Crippen molar-refractivity contribution in [1.29, 1.82) is 0 Å². The number of benzene rings is 1. The number of nitrogens with zero attached hydrogens (tertiary/aromatic N) is 1. The lowest BCUT2D eigenvalue weighted by Gasteiger charge is -2.00. The Hall–Kier alpha value is -2.10. The van der Waals surface area contributed by atoms with E-state index in [2.05, 4.69) is 0 Å². The fraction of sp³-hybridized carbons (Fsp3) is 0.0909. The molecule has 0 atom stereocenters. The Kier molecular flexibility index (Phi) is 2.04. The van der Waals surface area contributed by atoms with Crippen molar-refractivity contribution in [3.05, 3.63) is 35.5 Å². The van der Waals surface area contributed by atoms with Gasteiger partial charge in [0.1, 0.15) is 0 Å². The number of carbonyl (C=O) groups excluding carboxylic acids is 1. The Morgan fingerprint density at radius 1 is 1.47 bits per heavy atom. The average molecular weight is 203 g/mol. The van der Waals surface area contributed by atoms with E-state index in [4.69, 9.17) is 5.11 Å². The van der Waals surface area contributed by atoms with Gasteiger partial charge in [-0.15, -0.1) is 0 Å². The summed E-state index contributed by atoms with van der Waals surface area (Å²) >= 11 is 0. The zero-order valence-electron chi connectivity index (χ0n) is 8.10. The molecule has 0 bridgehead atoms. The van der Waals surface area contributed by atoms with Crippen LogP contribution >= 0.6 is 0 Å². The molecule has 0 radical (unpaired) electrons. The largest absolute Gasteiger partial charge is 0.478 e. The van der Waals surface area contributed by atoms with Gasteiger partial charge in [-0.3, -0.25) is 4.79 Å². The van der Waals surface area contributed by atoms with Crippen molar-refractivity contribution in [2.45, 2.75) is 0 Å². The predicted octanol–water partition coefficient (Wildman–Crippen LogP) is 1.69. The van der Waals surface area contributed by atoms with E-state index in [9.17, 15) is 9.59 Å². The van der Waals surface area contributed by atoms with Gasteiger partial charge in [-0.25, -0.2) is 4.79 Å². The summed E-state index contributed by atoms with van der Waals surface area (Å²) in [6.45, 7) is 0. The number of hydrogen-bond acceptors (Lipinski definition) is 2. The summed E-state index contributed by atoms with van der Waals surface area (Å²) in [7, 11) is 1.72. The molecule has 76 valence electrons. The molecule has 0 saturated carbocycles. The molecule has 1 aromatic carbocycles. The summed E-state index contributed by atoms with van der Waals surface area (Å²) in [5.74, 6) is -0.987. The molecule has 0 amide bonds. The zero-order valence-corrected chi connectivity index (χ0v) is 8.10. The Labute approximate surface area is 85.7 Å². The molecule has 2 rings (SSSR count). The summed E-state index contributed by atoms with van der Waals surface area (Å²) in [5.41, 5.74) is 1.30. The van der Waals surface area contributed by atoms with E-state index in [0.717, 1.165) is 6.29 Å². The molecular formula is C11H9NO3. The molecule has 0 spiro atoms. The molecule has 1 N–H and O–H groups in total. The highest BCUT2D eigenvalue weighted by molar-refractivity contribution is 6.07. The Morgan fingerprint density at radius 3 is 2.80 bits per heavy atom. The van der Waals surface area contributed by atoms with Gasteiger partial charge >= 0.3 is 5.97 Å². The van der Waals surface area contributed by atoms with Crippen molar-refractivity contribution in [2.24, 2.45) is 7.05 Å². The van der Waals surface area contributed by atoms with Crippen molar-refractivity contribution in [2.75, 3.05) is 0 Å². The number of aromatic nitrogens is 1. The van der Waals surface area contributed by atoms with Crippen LogP contribution in [0.5, 0.6) is 0 Å². The third-order valence-electron chi connectivity index (χ3n) is 2.39. The van der Waals surface area contributed by atoms with Crippen molar-refractivity contribution < 1.29 is 14.7 Å². The molecule has 0 aliphatic heterocycles. The lowest BCUT2D eigenvalue weighted by atomic mass is 10.1. The van der Waals surface area contributed by atoms with E-state index in [0.29, 0.717) is 16.5 Å². The molecule has 2 aromatic rings. The van der Waals surface area contributed by atoms with E-state index in [1.807, 2.05) is 0 Å². The molecule has 0 aliphatic rings. The smallest absolute Gasteiger partial charge is 0.337 e. The number of rotatable bonds is 2. The minimum atomic E-state index is -0.987. The molecule has 0 unspecified atom stereocenters. The van der Waals surface area contributed by atoms with E-state index < -0.39 is 5.97 Å². The van der Waals surface area contributed by atoms with Crippen LogP contribution < -0.4 is 0 Å². The Morgan fingerprint density at radius 2 is 2.20 bits per heavy atom. The second-order valence-corrected chi connectivity index (χ2v) is 3.32. The lowest BCUT2D eigenvalue weighted by Crippen LogP contribution is -1.99. The molecule has 4 heteroatoms. The summed E-state index contributed by atoms with van der Waals surface area (Å²) in [6, 6.07) is 4.91. The first-order chi connectivity index (χ1) is 7.15. The molecule has 1 aromatic heterocycles. The predicted molar refractivity (Wildman–Crippen MR) is 55.3 cm³/mol. The standard InChI is InChI=1S/C11H9NO3/c1-12-5-7(6-13)8-3-2-4-9(10(8)12)11(14)15/h2-6H,1H3,(H,14,15). The fourth-order valence-electron chi connectivity index (χ4n) is 1.77. The van der Waals surface area contributed by atoms with Gasteiger partial charge in [0.2, 0.25) is 0 Å². The molecular weight excluding hydrogens is 194 g/mol. The van der Waals surface area contributed by atoms with Crippen LogP contribution in [-0.4, -0.2) is 21.9 Å². The van der Waals surface area contributed by atoms with Gasteiger partial charge < -0.3 is 9.67 Å². The van der Waals surface area contributed by atoms with Gasteiger partial charge in [-0.1, -0.05) is 12.1 Å². The topological polar surface area (TPSA) is 59.3 Å². The number of aromatic carboxylic acids is 1. The first-order valence-corrected chi connectivity index (χ1v) is 4.41. The maximum Gasteiger partial charge on any atom is 0.337 e. The number of carbonyl (C=O) groups is 2. The molecule has 4 nitrogen and oxygen atoms in total. The van der Waals surface area contributed by atoms with Gasteiger partial charge in [0.15, 0.2) is 6.29 Å². The van der Waals surface area contributed by atoms with E-state index >= 15 is 0 Å². The zero-order chi connectivity index (χ0) is 11.0. The van der Waals surface area contributed by atoms with Crippen LogP contribution in [-0.2, 0) is 7.05 Å². The minimum Gasteiger partial charge on any atom is -0.478 e. The normalized spacial score (nSPS) is 10.5.